The molecule has 6 heteroatoms. The third kappa shape index (κ3) is 2.83. The number of rotatable bonds is 3. The van der Waals surface area contributed by atoms with Crippen molar-refractivity contribution in [3.8, 4) is 17.5 Å². The van der Waals surface area contributed by atoms with Crippen molar-refractivity contribution in [1.29, 1.82) is 5.26 Å². The second-order valence-corrected chi connectivity index (χ2v) is 6.31. The van der Waals surface area contributed by atoms with Gasteiger partial charge in [-0.15, -0.1) is 0 Å². The standard InChI is InChI=1S/C18H20N6/c19-6-9-23-10-12-24(13-11-23)18-15-2-1-3-16(15)21-17(22-18)14-4-7-20-8-5-14/h4-5,7-8H,1-3,9-13H2. The van der Waals surface area contributed by atoms with Crippen LogP contribution < -0.4 is 4.90 Å². The lowest BCUT2D eigenvalue weighted by molar-refractivity contribution is 0.286. The zero-order valence-electron chi connectivity index (χ0n) is 13.6. The highest BCUT2D eigenvalue weighted by molar-refractivity contribution is 5.61. The van der Waals surface area contributed by atoms with Crippen LogP contribution in [0.3, 0.4) is 0 Å². The average molecular weight is 320 g/mol. The minimum atomic E-state index is 0.512. The van der Waals surface area contributed by atoms with Gasteiger partial charge in [0.1, 0.15) is 5.82 Å². The molecule has 1 aliphatic carbocycles. The molecule has 0 spiro atoms. The highest BCUT2D eigenvalue weighted by Gasteiger charge is 2.25. The maximum atomic E-state index is 8.86. The molecule has 2 aliphatic rings. The van der Waals surface area contributed by atoms with Gasteiger partial charge >= 0.3 is 0 Å². The van der Waals surface area contributed by atoms with Crippen LogP contribution in [0.4, 0.5) is 5.82 Å². The number of hydrogen-bond acceptors (Lipinski definition) is 6. The monoisotopic (exact) mass is 320 g/mol. The molecule has 3 heterocycles. The fourth-order valence-corrected chi connectivity index (χ4v) is 3.52. The molecule has 0 atom stereocenters. The van der Waals surface area contributed by atoms with Crippen LogP contribution in [0.15, 0.2) is 24.5 Å². The van der Waals surface area contributed by atoms with Gasteiger partial charge in [0.15, 0.2) is 5.82 Å². The zero-order chi connectivity index (χ0) is 16.4. The van der Waals surface area contributed by atoms with E-state index in [2.05, 4.69) is 20.9 Å². The molecule has 0 saturated carbocycles. The van der Waals surface area contributed by atoms with E-state index >= 15 is 0 Å². The molecule has 0 radical (unpaired) electrons. The van der Waals surface area contributed by atoms with Gasteiger partial charge in [-0.25, -0.2) is 9.97 Å². The molecule has 1 aliphatic heterocycles. The van der Waals surface area contributed by atoms with Crippen molar-refractivity contribution in [2.75, 3.05) is 37.6 Å². The van der Waals surface area contributed by atoms with Crippen LogP contribution in [0.2, 0.25) is 0 Å². The number of fused-ring (bicyclic) bond motifs is 1. The summed E-state index contributed by atoms with van der Waals surface area (Å²) in [6.07, 6.45) is 6.83. The largest absolute Gasteiger partial charge is 0.354 e. The van der Waals surface area contributed by atoms with Gasteiger partial charge in [-0.1, -0.05) is 0 Å². The summed E-state index contributed by atoms with van der Waals surface area (Å²) in [5, 5.41) is 8.86. The number of piperazine rings is 1. The molecule has 2 aromatic rings. The number of nitriles is 1. The molecular weight excluding hydrogens is 300 g/mol. The van der Waals surface area contributed by atoms with Gasteiger partial charge in [0.25, 0.3) is 0 Å². The summed E-state index contributed by atoms with van der Waals surface area (Å²) in [6, 6.07) is 6.17. The van der Waals surface area contributed by atoms with Gasteiger partial charge in [0.2, 0.25) is 0 Å². The number of pyridine rings is 1. The van der Waals surface area contributed by atoms with Crippen molar-refractivity contribution in [2.45, 2.75) is 19.3 Å². The molecule has 1 saturated heterocycles. The SMILES string of the molecule is N#CCN1CCN(c2nc(-c3ccncc3)nc3c2CCC3)CC1. The second-order valence-electron chi connectivity index (χ2n) is 6.31. The molecule has 1 fully saturated rings. The number of anilines is 1. The van der Waals surface area contributed by atoms with Gasteiger partial charge in [-0.2, -0.15) is 5.26 Å². The Morgan fingerprint density at radius 2 is 1.83 bits per heavy atom. The van der Waals surface area contributed by atoms with Crippen LogP contribution in [-0.4, -0.2) is 52.6 Å². The zero-order valence-corrected chi connectivity index (χ0v) is 13.6. The first kappa shape index (κ1) is 15.0. The quantitative estimate of drug-likeness (QED) is 0.801. The number of nitrogens with zero attached hydrogens (tertiary/aromatic N) is 6. The van der Waals surface area contributed by atoms with Crippen molar-refractivity contribution in [2.24, 2.45) is 0 Å². The van der Waals surface area contributed by atoms with Crippen molar-refractivity contribution < 1.29 is 0 Å². The highest BCUT2D eigenvalue weighted by atomic mass is 15.3. The summed E-state index contributed by atoms with van der Waals surface area (Å²) in [6.45, 7) is 4.17. The van der Waals surface area contributed by atoms with E-state index in [0.29, 0.717) is 6.54 Å². The summed E-state index contributed by atoms with van der Waals surface area (Å²) in [7, 11) is 0. The molecule has 24 heavy (non-hydrogen) atoms. The van der Waals surface area contributed by atoms with Crippen molar-refractivity contribution in [1.82, 2.24) is 19.9 Å². The first-order valence-electron chi connectivity index (χ1n) is 8.49. The Morgan fingerprint density at radius 3 is 2.58 bits per heavy atom. The van der Waals surface area contributed by atoms with E-state index in [1.807, 2.05) is 12.1 Å². The van der Waals surface area contributed by atoms with Crippen LogP contribution >= 0.6 is 0 Å². The summed E-state index contributed by atoms with van der Waals surface area (Å²) in [4.78, 5) is 18.4. The van der Waals surface area contributed by atoms with Gasteiger partial charge in [-0.05, 0) is 31.4 Å². The van der Waals surface area contributed by atoms with Crippen molar-refractivity contribution >= 4 is 5.82 Å². The molecule has 122 valence electrons. The maximum absolute atomic E-state index is 8.86. The minimum Gasteiger partial charge on any atom is -0.354 e. The Labute approximate surface area is 141 Å². The molecule has 4 rings (SSSR count). The molecule has 0 unspecified atom stereocenters. The predicted octanol–water partition coefficient (Wildman–Crippen LogP) is 1.67. The summed E-state index contributed by atoms with van der Waals surface area (Å²) >= 11 is 0. The van der Waals surface area contributed by atoms with Crippen LogP contribution in [0.1, 0.15) is 17.7 Å². The summed E-state index contributed by atoms with van der Waals surface area (Å²) < 4.78 is 0. The molecule has 0 N–H and O–H groups in total. The normalized spacial score (nSPS) is 17.5. The molecule has 0 aromatic carbocycles. The van der Waals surface area contributed by atoms with E-state index in [1.54, 1.807) is 12.4 Å². The molecule has 6 nitrogen and oxygen atoms in total. The van der Waals surface area contributed by atoms with Crippen LogP contribution in [0.25, 0.3) is 11.4 Å². The van der Waals surface area contributed by atoms with Crippen molar-refractivity contribution in [3.63, 3.8) is 0 Å². The van der Waals surface area contributed by atoms with E-state index in [-0.39, 0.29) is 0 Å². The van der Waals surface area contributed by atoms with Crippen molar-refractivity contribution in [3.05, 3.63) is 35.8 Å². The highest BCUT2D eigenvalue weighted by Crippen LogP contribution is 2.31. The maximum Gasteiger partial charge on any atom is 0.161 e. The van der Waals surface area contributed by atoms with Gasteiger partial charge in [-0.3, -0.25) is 9.88 Å². The molecular formula is C18H20N6. The summed E-state index contributed by atoms with van der Waals surface area (Å²) in [5.74, 6) is 1.90. The van der Waals surface area contributed by atoms with E-state index in [0.717, 1.165) is 62.6 Å². The van der Waals surface area contributed by atoms with Crippen LogP contribution in [-0.2, 0) is 12.8 Å². The van der Waals surface area contributed by atoms with Gasteiger partial charge < -0.3 is 4.90 Å². The Bertz CT molecular complexity index is 759. The lowest BCUT2D eigenvalue weighted by atomic mass is 10.2. The van der Waals surface area contributed by atoms with Crippen LogP contribution in [0.5, 0.6) is 0 Å². The number of hydrogen-bond donors (Lipinski definition) is 0. The third-order valence-corrected chi connectivity index (χ3v) is 4.82. The lowest BCUT2D eigenvalue weighted by Crippen LogP contribution is -2.47. The van der Waals surface area contributed by atoms with E-state index in [1.165, 1.54) is 11.3 Å². The third-order valence-electron chi connectivity index (χ3n) is 4.82. The fraction of sp³-hybridized carbons (Fsp3) is 0.444. The molecule has 0 bridgehead atoms. The Morgan fingerprint density at radius 1 is 1.04 bits per heavy atom. The topological polar surface area (TPSA) is 68.9 Å². The minimum absolute atomic E-state index is 0.512. The van der Waals surface area contributed by atoms with E-state index in [4.69, 9.17) is 15.2 Å². The van der Waals surface area contributed by atoms with E-state index < -0.39 is 0 Å². The first-order valence-corrected chi connectivity index (χ1v) is 8.49. The Kier molecular flexibility index (Phi) is 4.09. The Hall–Kier alpha value is -2.52. The van der Waals surface area contributed by atoms with E-state index in [9.17, 15) is 0 Å². The van der Waals surface area contributed by atoms with Gasteiger partial charge in [0, 0.05) is 55.4 Å². The average Bonchev–Trinajstić information content (AvgIpc) is 3.11. The number of aromatic nitrogens is 3. The summed E-state index contributed by atoms with van der Waals surface area (Å²) in [5.41, 5.74) is 3.54. The van der Waals surface area contributed by atoms with Gasteiger partial charge in [0.05, 0.1) is 12.6 Å². The van der Waals surface area contributed by atoms with Crippen LogP contribution in [0, 0.1) is 11.3 Å². The fourth-order valence-electron chi connectivity index (χ4n) is 3.52. The lowest BCUT2D eigenvalue weighted by Gasteiger charge is -2.35. The Balaban J connectivity index is 1.66. The first-order chi connectivity index (χ1) is 11.8. The second kappa shape index (κ2) is 6.54. The smallest absolute Gasteiger partial charge is 0.161 e. The molecule has 2 aromatic heterocycles. The number of aryl methyl sites for hydroxylation is 1. The predicted molar refractivity (Wildman–Crippen MR) is 91.6 cm³/mol. The molecule has 0 amide bonds.